The van der Waals surface area contributed by atoms with Gasteiger partial charge in [-0.3, -0.25) is 10.1 Å². The number of methoxy groups -OCH3 is 1. The second-order valence-electron chi connectivity index (χ2n) is 6.19. The SMILES string of the molecule is COCCN1C(=O)C(CC(C)C)NC1c1ccc(C)cc1. The van der Waals surface area contributed by atoms with Crippen molar-refractivity contribution in [2.75, 3.05) is 20.3 Å². The highest BCUT2D eigenvalue weighted by Crippen LogP contribution is 2.27. The zero-order chi connectivity index (χ0) is 15.4. The average molecular weight is 290 g/mol. The first kappa shape index (κ1) is 16.0. The molecule has 4 nitrogen and oxygen atoms in total. The van der Waals surface area contributed by atoms with Crippen LogP contribution in [-0.4, -0.2) is 37.1 Å². The average Bonchev–Trinajstić information content (AvgIpc) is 2.74. The zero-order valence-corrected chi connectivity index (χ0v) is 13.4. The largest absolute Gasteiger partial charge is 0.383 e. The quantitative estimate of drug-likeness (QED) is 0.875. The Bertz CT molecular complexity index is 470. The number of nitrogens with zero attached hydrogens (tertiary/aromatic N) is 1. The van der Waals surface area contributed by atoms with E-state index in [1.54, 1.807) is 7.11 Å². The Morgan fingerprint density at radius 3 is 2.52 bits per heavy atom. The molecular formula is C17H26N2O2. The Balaban J connectivity index is 2.19. The summed E-state index contributed by atoms with van der Waals surface area (Å²) in [6.07, 6.45) is 0.821. The summed E-state index contributed by atoms with van der Waals surface area (Å²) in [5.74, 6) is 0.679. The van der Waals surface area contributed by atoms with Gasteiger partial charge < -0.3 is 9.64 Å². The number of amides is 1. The summed E-state index contributed by atoms with van der Waals surface area (Å²) in [6.45, 7) is 7.54. The Labute approximate surface area is 127 Å². The van der Waals surface area contributed by atoms with Gasteiger partial charge in [-0.25, -0.2) is 0 Å². The molecule has 1 heterocycles. The number of hydrogen-bond donors (Lipinski definition) is 1. The van der Waals surface area contributed by atoms with Crippen molar-refractivity contribution in [1.82, 2.24) is 10.2 Å². The fraction of sp³-hybridized carbons (Fsp3) is 0.588. The summed E-state index contributed by atoms with van der Waals surface area (Å²) in [4.78, 5) is 14.5. The Morgan fingerprint density at radius 1 is 1.29 bits per heavy atom. The van der Waals surface area contributed by atoms with Gasteiger partial charge in [0.05, 0.1) is 12.6 Å². The summed E-state index contributed by atoms with van der Waals surface area (Å²) >= 11 is 0. The first-order valence-corrected chi connectivity index (χ1v) is 7.65. The molecule has 1 aliphatic rings. The van der Waals surface area contributed by atoms with Crippen molar-refractivity contribution in [1.29, 1.82) is 0 Å². The summed E-state index contributed by atoms with van der Waals surface area (Å²) < 4.78 is 5.15. The number of aryl methyl sites for hydroxylation is 1. The highest BCUT2D eigenvalue weighted by Gasteiger charge is 2.39. The molecule has 0 saturated carbocycles. The van der Waals surface area contributed by atoms with Gasteiger partial charge in [-0.15, -0.1) is 0 Å². The van der Waals surface area contributed by atoms with Crippen LogP contribution in [0.1, 0.15) is 37.6 Å². The molecule has 1 aliphatic heterocycles. The van der Waals surface area contributed by atoms with Gasteiger partial charge in [-0.2, -0.15) is 0 Å². The number of rotatable bonds is 6. The number of nitrogens with one attached hydrogen (secondary N) is 1. The normalized spacial score (nSPS) is 22.3. The molecule has 1 aromatic rings. The molecule has 0 bridgehead atoms. The molecule has 1 aromatic carbocycles. The smallest absolute Gasteiger partial charge is 0.241 e. The lowest BCUT2D eigenvalue weighted by Crippen LogP contribution is -2.34. The molecule has 0 spiro atoms. The van der Waals surface area contributed by atoms with E-state index in [1.807, 2.05) is 4.90 Å². The second kappa shape index (κ2) is 7.05. The van der Waals surface area contributed by atoms with E-state index in [9.17, 15) is 4.79 Å². The van der Waals surface area contributed by atoms with Crippen LogP contribution in [0.2, 0.25) is 0 Å². The lowest BCUT2D eigenvalue weighted by atomic mass is 10.0. The highest BCUT2D eigenvalue weighted by atomic mass is 16.5. The number of ether oxygens (including phenoxy) is 1. The Kier molecular flexibility index (Phi) is 5.37. The molecule has 0 aromatic heterocycles. The predicted molar refractivity (Wildman–Crippen MR) is 83.9 cm³/mol. The van der Waals surface area contributed by atoms with Gasteiger partial charge in [0.1, 0.15) is 6.17 Å². The van der Waals surface area contributed by atoms with Crippen molar-refractivity contribution >= 4 is 5.91 Å². The molecule has 2 unspecified atom stereocenters. The van der Waals surface area contributed by atoms with E-state index in [0.717, 1.165) is 12.0 Å². The molecule has 4 heteroatoms. The molecule has 1 amide bonds. The molecule has 1 saturated heterocycles. The number of hydrogen-bond acceptors (Lipinski definition) is 3. The minimum Gasteiger partial charge on any atom is -0.383 e. The highest BCUT2D eigenvalue weighted by molar-refractivity contribution is 5.84. The third-order valence-electron chi connectivity index (χ3n) is 3.89. The molecule has 0 radical (unpaired) electrons. The van der Waals surface area contributed by atoms with E-state index in [1.165, 1.54) is 5.56 Å². The summed E-state index contributed by atoms with van der Waals surface area (Å²) in [6, 6.07) is 8.28. The van der Waals surface area contributed by atoms with Crippen LogP contribution in [0.5, 0.6) is 0 Å². The van der Waals surface area contributed by atoms with E-state index in [0.29, 0.717) is 19.1 Å². The van der Waals surface area contributed by atoms with Crippen molar-refractivity contribution in [2.24, 2.45) is 5.92 Å². The first-order chi connectivity index (χ1) is 10.0. The van der Waals surface area contributed by atoms with Gasteiger partial charge in [-0.05, 0) is 24.8 Å². The van der Waals surface area contributed by atoms with Gasteiger partial charge in [0.25, 0.3) is 0 Å². The van der Waals surface area contributed by atoms with Crippen molar-refractivity contribution < 1.29 is 9.53 Å². The lowest BCUT2D eigenvalue weighted by Gasteiger charge is -2.24. The van der Waals surface area contributed by atoms with Gasteiger partial charge >= 0.3 is 0 Å². The van der Waals surface area contributed by atoms with E-state index in [4.69, 9.17) is 4.74 Å². The maximum atomic E-state index is 12.6. The third kappa shape index (κ3) is 3.83. The lowest BCUT2D eigenvalue weighted by molar-refractivity contribution is -0.131. The summed E-state index contributed by atoms with van der Waals surface area (Å²) in [5.41, 5.74) is 2.36. The molecule has 2 atom stereocenters. The maximum Gasteiger partial charge on any atom is 0.241 e. The van der Waals surface area contributed by atoms with Crippen LogP contribution < -0.4 is 5.32 Å². The zero-order valence-electron chi connectivity index (χ0n) is 13.4. The Hall–Kier alpha value is -1.39. The first-order valence-electron chi connectivity index (χ1n) is 7.65. The van der Waals surface area contributed by atoms with Crippen molar-refractivity contribution in [3.05, 3.63) is 35.4 Å². The van der Waals surface area contributed by atoms with Crippen LogP contribution in [0.4, 0.5) is 0 Å². The van der Waals surface area contributed by atoms with E-state index in [2.05, 4.69) is 50.4 Å². The number of carbonyl (C=O) groups is 1. The molecule has 1 N–H and O–H groups in total. The van der Waals surface area contributed by atoms with E-state index < -0.39 is 0 Å². The van der Waals surface area contributed by atoms with Gasteiger partial charge in [0, 0.05) is 13.7 Å². The van der Waals surface area contributed by atoms with Crippen LogP contribution >= 0.6 is 0 Å². The topological polar surface area (TPSA) is 41.6 Å². The predicted octanol–water partition coefficient (Wildman–Crippen LogP) is 2.49. The molecule has 21 heavy (non-hydrogen) atoms. The standard InChI is InChI=1S/C17H26N2O2/c1-12(2)11-15-17(20)19(9-10-21-4)16(18-15)14-7-5-13(3)6-8-14/h5-8,12,15-16,18H,9-11H2,1-4H3. The van der Waals surface area contributed by atoms with Gasteiger partial charge in [-0.1, -0.05) is 43.7 Å². The molecule has 116 valence electrons. The van der Waals surface area contributed by atoms with Crippen molar-refractivity contribution in [3.63, 3.8) is 0 Å². The fourth-order valence-corrected chi connectivity index (χ4v) is 2.77. The van der Waals surface area contributed by atoms with Crippen LogP contribution in [0.15, 0.2) is 24.3 Å². The molecule has 2 rings (SSSR count). The molecular weight excluding hydrogens is 264 g/mol. The monoisotopic (exact) mass is 290 g/mol. The summed E-state index contributed by atoms with van der Waals surface area (Å²) in [5, 5.41) is 3.49. The molecule has 0 aliphatic carbocycles. The fourth-order valence-electron chi connectivity index (χ4n) is 2.77. The molecule has 1 fully saturated rings. The second-order valence-corrected chi connectivity index (χ2v) is 6.19. The minimum absolute atomic E-state index is 0.0444. The van der Waals surface area contributed by atoms with Crippen molar-refractivity contribution in [2.45, 2.75) is 39.4 Å². The van der Waals surface area contributed by atoms with Gasteiger partial charge in [0.15, 0.2) is 0 Å². The van der Waals surface area contributed by atoms with Crippen molar-refractivity contribution in [3.8, 4) is 0 Å². The third-order valence-corrected chi connectivity index (χ3v) is 3.89. The van der Waals surface area contributed by atoms with Crippen LogP contribution in [0.25, 0.3) is 0 Å². The summed E-state index contributed by atoms with van der Waals surface area (Å²) in [7, 11) is 1.67. The minimum atomic E-state index is -0.0897. The van der Waals surface area contributed by atoms with Crippen LogP contribution in [0.3, 0.4) is 0 Å². The Morgan fingerprint density at radius 2 is 1.95 bits per heavy atom. The van der Waals surface area contributed by atoms with E-state index >= 15 is 0 Å². The van der Waals surface area contributed by atoms with E-state index in [-0.39, 0.29) is 18.1 Å². The van der Waals surface area contributed by atoms with Gasteiger partial charge in [0.2, 0.25) is 5.91 Å². The van der Waals surface area contributed by atoms with Crippen LogP contribution in [-0.2, 0) is 9.53 Å². The maximum absolute atomic E-state index is 12.6. The number of carbonyl (C=O) groups excluding carboxylic acids is 1. The van der Waals surface area contributed by atoms with Crippen LogP contribution in [0, 0.1) is 12.8 Å². The number of benzene rings is 1.